The molecule has 0 aromatic heterocycles. The molecule has 0 aromatic rings. The summed E-state index contributed by atoms with van der Waals surface area (Å²) in [7, 11) is 5.53. The lowest BCUT2D eigenvalue weighted by atomic mass is 10.0. The first-order chi connectivity index (χ1) is 24.6. The summed E-state index contributed by atoms with van der Waals surface area (Å²) < 4.78 is 17.3. The number of quaternary nitrogens is 1. The molecule has 0 aliphatic heterocycles. The fraction of sp³-hybridized carbons (Fsp3) is 0.930. The summed E-state index contributed by atoms with van der Waals surface area (Å²) >= 11 is 0. The van der Waals surface area contributed by atoms with Gasteiger partial charge in [0.05, 0.1) is 34.4 Å². The molecule has 0 radical (unpaired) electrons. The van der Waals surface area contributed by atoms with E-state index in [1.54, 1.807) is 0 Å². The first-order valence-corrected chi connectivity index (χ1v) is 21.6. The maximum Gasteiger partial charge on any atom is 0.362 e. The van der Waals surface area contributed by atoms with Gasteiger partial charge in [-0.2, -0.15) is 0 Å². The third-order valence-electron chi connectivity index (χ3n) is 10.0. The Hall–Kier alpha value is -1.67. The minimum Gasteiger partial charge on any atom is -0.477 e. The van der Waals surface area contributed by atoms with E-state index in [0.29, 0.717) is 19.3 Å². The van der Waals surface area contributed by atoms with Crippen LogP contribution in [-0.2, 0) is 28.6 Å². The molecule has 302 valence electrons. The van der Waals surface area contributed by atoms with Crippen LogP contribution in [0.4, 0.5) is 0 Å². The number of hydrogen-bond acceptors (Lipinski definition) is 6. The topological polar surface area (TPSA) is 99.1 Å². The number of ether oxygens (including phenoxy) is 3. The molecule has 0 aliphatic carbocycles. The molecule has 8 heteroatoms. The van der Waals surface area contributed by atoms with Crippen molar-refractivity contribution < 1.29 is 38.2 Å². The summed E-state index contributed by atoms with van der Waals surface area (Å²) in [6, 6.07) is -0.607. The number of aliphatic carboxylic acids is 1. The van der Waals surface area contributed by atoms with Crippen LogP contribution in [0.1, 0.15) is 206 Å². The minimum atomic E-state index is -0.871. The van der Waals surface area contributed by atoms with E-state index in [4.69, 9.17) is 14.2 Å². The lowest BCUT2D eigenvalue weighted by molar-refractivity contribution is -0.887. The van der Waals surface area contributed by atoms with E-state index >= 15 is 0 Å². The van der Waals surface area contributed by atoms with Crippen molar-refractivity contribution in [2.24, 2.45) is 0 Å². The average Bonchev–Trinajstić information content (AvgIpc) is 3.08. The normalized spacial score (nSPS) is 12.9. The Bertz CT molecular complexity index is 813. The molecule has 8 nitrogen and oxygen atoms in total. The number of hydrogen-bond donors (Lipinski definition) is 1. The van der Waals surface area contributed by atoms with Crippen LogP contribution in [0.25, 0.3) is 0 Å². The molecule has 51 heavy (non-hydrogen) atoms. The molecule has 2 atom stereocenters. The van der Waals surface area contributed by atoms with Gasteiger partial charge in [-0.05, 0) is 12.8 Å². The van der Waals surface area contributed by atoms with Crippen molar-refractivity contribution in [2.45, 2.75) is 219 Å². The summed E-state index contributed by atoms with van der Waals surface area (Å²) in [5.74, 6) is -1.45. The van der Waals surface area contributed by atoms with Crippen LogP contribution >= 0.6 is 0 Å². The molecular weight excluding hydrogens is 642 g/mol. The zero-order chi connectivity index (χ0) is 37.8. The molecule has 0 amide bonds. The van der Waals surface area contributed by atoms with Gasteiger partial charge >= 0.3 is 17.9 Å². The molecule has 0 heterocycles. The number of carbonyl (C=O) groups excluding carboxylic acids is 2. The number of esters is 2. The standard InChI is InChI=1S/C43H83NO7/c1-6-8-10-12-14-16-18-20-21-22-24-26-28-30-32-34-42(46)51-39(37-49-36-35-40(43(47)48)44(3,4)5)38-50-41(45)33-31-29-27-25-23-19-17-15-13-11-9-7-2/h39-40H,6-38H2,1-5H3/p+1. The number of nitrogens with zero attached hydrogens (tertiary/aromatic N) is 1. The first-order valence-electron chi connectivity index (χ1n) is 21.6. The number of carboxylic acids is 1. The van der Waals surface area contributed by atoms with E-state index in [1.807, 2.05) is 21.1 Å². The smallest absolute Gasteiger partial charge is 0.362 e. The highest BCUT2D eigenvalue weighted by Gasteiger charge is 2.31. The number of unbranched alkanes of at least 4 members (excludes halogenated alkanes) is 25. The second kappa shape index (κ2) is 35.4. The quantitative estimate of drug-likeness (QED) is 0.0382. The van der Waals surface area contributed by atoms with Gasteiger partial charge in [0.15, 0.2) is 12.1 Å². The Balaban J connectivity index is 4.32. The monoisotopic (exact) mass is 727 g/mol. The molecule has 0 spiro atoms. The Morgan fingerprint density at radius 3 is 1.22 bits per heavy atom. The third kappa shape index (κ3) is 33.9. The minimum absolute atomic E-state index is 0.0423. The summed E-state index contributed by atoms with van der Waals surface area (Å²) in [4.78, 5) is 36.9. The maximum absolute atomic E-state index is 12.7. The highest BCUT2D eigenvalue weighted by molar-refractivity contribution is 5.72. The summed E-state index contributed by atoms with van der Waals surface area (Å²) in [5.41, 5.74) is 0. The molecule has 1 N–H and O–H groups in total. The lowest BCUT2D eigenvalue weighted by Crippen LogP contribution is -2.50. The Labute approximate surface area is 315 Å². The zero-order valence-corrected chi connectivity index (χ0v) is 34.3. The van der Waals surface area contributed by atoms with Crippen LogP contribution < -0.4 is 0 Å². The second-order valence-corrected chi connectivity index (χ2v) is 16.0. The van der Waals surface area contributed by atoms with E-state index < -0.39 is 18.1 Å². The molecule has 0 saturated heterocycles. The van der Waals surface area contributed by atoms with Crippen molar-refractivity contribution in [3.05, 3.63) is 0 Å². The fourth-order valence-electron chi connectivity index (χ4n) is 6.62. The molecule has 2 unspecified atom stereocenters. The highest BCUT2D eigenvalue weighted by atomic mass is 16.6. The van der Waals surface area contributed by atoms with Crippen LogP contribution in [0.5, 0.6) is 0 Å². The molecule has 0 aromatic carbocycles. The zero-order valence-electron chi connectivity index (χ0n) is 34.3. The number of likely N-dealkylation sites (N-methyl/N-ethyl adjacent to an activating group) is 1. The second-order valence-electron chi connectivity index (χ2n) is 16.0. The predicted molar refractivity (Wildman–Crippen MR) is 211 cm³/mol. The van der Waals surface area contributed by atoms with Gasteiger partial charge in [0.25, 0.3) is 0 Å². The molecule has 0 rings (SSSR count). The van der Waals surface area contributed by atoms with Gasteiger partial charge in [-0.15, -0.1) is 0 Å². The Kier molecular flexibility index (Phi) is 34.2. The molecule has 0 aliphatic rings. The largest absolute Gasteiger partial charge is 0.477 e. The molecule has 0 saturated carbocycles. The van der Waals surface area contributed by atoms with E-state index in [0.717, 1.165) is 38.5 Å². The van der Waals surface area contributed by atoms with Gasteiger partial charge in [-0.1, -0.05) is 174 Å². The maximum atomic E-state index is 12.7. The van der Waals surface area contributed by atoms with Crippen molar-refractivity contribution >= 4 is 17.9 Å². The van der Waals surface area contributed by atoms with E-state index in [9.17, 15) is 19.5 Å². The highest BCUT2D eigenvalue weighted by Crippen LogP contribution is 2.16. The van der Waals surface area contributed by atoms with Crippen molar-refractivity contribution in [3.63, 3.8) is 0 Å². The van der Waals surface area contributed by atoms with Crippen molar-refractivity contribution in [1.29, 1.82) is 0 Å². The van der Waals surface area contributed by atoms with Gasteiger partial charge in [-0.3, -0.25) is 9.59 Å². The predicted octanol–water partition coefficient (Wildman–Crippen LogP) is 11.4. The summed E-state index contributed by atoms with van der Waals surface area (Å²) in [6.45, 7) is 4.76. The van der Waals surface area contributed by atoms with Crippen molar-refractivity contribution in [2.75, 3.05) is 41.0 Å². The summed E-state index contributed by atoms with van der Waals surface area (Å²) in [6.07, 6.45) is 34.2. The van der Waals surface area contributed by atoms with Crippen LogP contribution in [0, 0.1) is 0 Å². The van der Waals surface area contributed by atoms with Crippen molar-refractivity contribution in [1.82, 2.24) is 0 Å². The lowest BCUT2D eigenvalue weighted by Gasteiger charge is -2.31. The van der Waals surface area contributed by atoms with Crippen LogP contribution in [0.3, 0.4) is 0 Å². The Morgan fingerprint density at radius 2 is 0.863 bits per heavy atom. The molecular formula is C43H84NO7+. The van der Waals surface area contributed by atoms with Crippen LogP contribution in [0.15, 0.2) is 0 Å². The molecule has 0 fully saturated rings. The van der Waals surface area contributed by atoms with Crippen molar-refractivity contribution in [3.8, 4) is 0 Å². The van der Waals surface area contributed by atoms with Gasteiger partial charge in [-0.25, -0.2) is 4.79 Å². The SMILES string of the molecule is CCCCCCCCCCCCCCCCCC(=O)OC(COCCC(C(=O)O)[N+](C)(C)C)COC(=O)CCCCCCCCCCCCCC. The van der Waals surface area contributed by atoms with Gasteiger partial charge in [0.2, 0.25) is 0 Å². The van der Waals surface area contributed by atoms with E-state index in [-0.39, 0.29) is 36.2 Å². The van der Waals surface area contributed by atoms with Gasteiger partial charge in [0, 0.05) is 19.3 Å². The number of carboxylic acid groups (broad SMARTS) is 1. The fourth-order valence-corrected chi connectivity index (χ4v) is 6.62. The number of rotatable bonds is 39. The van der Waals surface area contributed by atoms with Gasteiger partial charge in [0.1, 0.15) is 6.61 Å². The number of carbonyl (C=O) groups is 3. The average molecular weight is 727 g/mol. The Morgan fingerprint density at radius 1 is 0.510 bits per heavy atom. The third-order valence-corrected chi connectivity index (χ3v) is 10.0. The van der Waals surface area contributed by atoms with Gasteiger partial charge < -0.3 is 23.8 Å². The van der Waals surface area contributed by atoms with Crippen LogP contribution in [0.2, 0.25) is 0 Å². The van der Waals surface area contributed by atoms with E-state index in [1.165, 1.54) is 135 Å². The van der Waals surface area contributed by atoms with E-state index in [2.05, 4.69) is 13.8 Å². The first kappa shape index (κ1) is 49.3. The molecule has 0 bridgehead atoms. The summed E-state index contributed by atoms with van der Waals surface area (Å²) in [5, 5.41) is 9.60. The van der Waals surface area contributed by atoms with Crippen LogP contribution in [-0.4, -0.2) is 80.6 Å².